The molecular formula is C14H23NO4S2. The molecule has 1 aromatic rings. The molecule has 0 saturated carbocycles. The van der Waals surface area contributed by atoms with Crippen LogP contribution in [0, 0.1) is 0 Å². The minimum absolute atomic E-state index is 0.0941. The fourth-order valence-electron chi connectivity index (χ4n) is 2.73. The smallest absolute Gasteiger partial charge is 0.250 e. The fraction of sp³-hybridized carbons (Fsp3) is 0.714. The third kappa shape index (κ3) is 3.84. The highest BCUT2D eigenvalue weighted by molar-refractivity contribution is 7.91. The summed E-state index contributed by atoms with van der Waals surface area (Å²) in [6.07, 6.45) is 3.17. The minimum Gasteiger partial charge on any atom is -0.392 e. The van der Waals surface area contributed by atoms with Gasteiger partial charge in [0.1, 0.15) is 4.21 Å². The Morgan fingerprint density at radius 3 is 2.76 bits per heavy atom. The van der Waals surface area contributed by atoms with E-state index in [9.17, 15) is 8.42 Å². The summed E-state index contributed by atoms with van der Waals surface area (Å²) in [6, 6.07) is 1.43. The number of ether oxygens (including phenoxy) is 1. The molecule has 0 aromatic carbocycles. The van der Waals surface area contributed by atoms with Crippen LogP contribution in [0.1, 0.15) is 45.1 Å². The number of nitrogens with one attached hydrogen (secondary N) is 1. The van der Waals surface area contributed by atoms with Gasteiger partial charge in [0.25, 0.3) is 0 Å². The number of rotatable bonds is 6. The molecule has 0 bridgehead atoms. The monoisotopic (exact) mass is 333 g/mol. The summed E-state index contributed by atoms with van der Waals surface area (Å²) in [5.74, 6) is 0. The highest BCUT2D eigenvalue weighted by atomic mass is 32.2. The van der Waals surface area contributed by atoms with Gasteiger partial charge >= 0.3 is 0 Å². The molecule has 0 radical (unpaired) electrons. The predicted molar refractivity (Wildman–Crippen MR) is 82.9 cm³/mol. The molecule has 21 heavy (non-hydrogen) atoms. The van der Waals surface area contributed by atoms with Crippen molar-refractivity contribution < 1.29 is 18.3 Å². The summed E-state index contributed by atoms with van der Waals surface area (Å²) in [4.78, 5) is 0. The topological polar surface area (TPSA) is 75.6 Å². The average Bonchev–Trinajstić information content (AvgIpc) is 2.97. The molecule has 1 aliphatic heterocycles. The standard InChI is InChI=1S/C14H23NO4S2/c1-3-14(4-2)8-12(5-6-19-14)15-21(17,18)13-7-11(9-16)10-20-13/h7,10,12,15-16H,3-6,8-9H2,1-2H3. The quantitative estimate of drug-likeness (QED) is 0.837. The molecule has 7 heteroatoms. The molecule has 120 valence electrons. The Hall–Kier alpha value is -0.470. The van der Waals surface area contributed by atoms with Crippen LogP contribution >= 0.6 is 11.3 Å². The van der Waals surface area contributed by atoms with Crippen LogP contribution in [0.25, 0.3) is 0 Å². The van der Waals surface area contributed by atoms with Crippen LogP contribution in [0.3, 0.4) is 0 Å². The zero-order valence-electron chi connectivity index (χ0n) is 12.5. The Balaban J connectivity index is 2.09. The molecular weight excluding hydrogens is 310 g/mol. The molecule has 1 unspecified atom stereocenters. The largest absolute Gasteiger partial charge is 0.392 e. The van der Waals surface area contributed by atoms with Crippen LogP contribution in [-0.4, -0.2) is 31.8 Å². The number of aliphatic hydroxyl groups is 1. The van der Waals surface area contributed by atoms with Gasteiger partial charge in [-0.25, -0.2) is 13.1 Å². The molecule has 1 saturated heterocycles. The zero-order valence-corrected chi connectivity index (χ0v) is 14.1. The second-order valence-corrected chi connectivity index (χ2v) is 8.33. The Morgan fingerprint density at radius 1 is 1.48 bits per heavy atom. The lowest BCUT2D eigenvalue weighted by molar-refractivity contribution is -0.0905. The van der Waals surface area contributed by atoms with Crippen molar-refractivity contribution in [2.45, 2.75) is 62.0 Å². The second-order valence-electron chi connectivity index (χ2n) is 5.48. The van der Waals surface area contributed by atoms with E-state index >= 15 is 0 Å². The van der Waals surface area contributed by atoms with Crippen molar-refractivity contribution in [2.75, 3.05) is 6.61 Å². The van der Waals surface area contributed by atoms with Gasteiger partial charge in [0, 0.05) is 12.6 Å². The molecule has 5 nitrogen and oxygen atoms in total. The van der Waals surface area contributed by atoms with Crippen molar-refractivity contribution in [3.63, 3.8) is 0 Å². The number of aliphatic hydroxyl groups excluding tert-OH is 1. The van der Waals surface area contributed by atoms with E-state index in [0.717, 1.165) is 24.2 Å². The van der Waals surface area contributed by atoms with Gasteiger partial charge in [-0.15, -0.1) is 11.3 Å². The van der Waals surface area contributed by atoms with Gasteiger partial charge in [0.05, 0.1) is 12.2 Å². The molecule has 2 heterocycles. The maximum atomic E-state index is 12.4. The zero-order chi connectivity index (χ0) is 15.5. The highest BCUT2D eigenvalue weighted by Gasteiger charge is 2.36. The van der Waals surface area contributed by atoms with E-state index in [2.05, 4.69) is 18.6 Å². The van der Waals surface area contributed by atoms with Gasteiger partial charge in [-0.1, -0.05) is 13.8 Å². The first-order valence-electron chi connectivity index (χ1n) is 7.29. The molecule has 0 aliphatic carbocycles. The van der Waals surface area contributed by atoms with Crippen molar-refractivity contribution in [2.24, 2.45) is 0 Å². The summed E-state index contributed by atoms with van der Waals surface area (Å²) >= 11 is 1.14. The van der Waals surface area contributed by atoms with Crippen molar-refractivity contribution >= 4 is 21.4 Å². The molecule has 2 rings (SSSR count). The minimum atomic E-state index is -3.51. The average molecular weight is 333 g/mol. The molecule has 1 aliphatic rings. The van der Waals surface area contributed by atoms with Gasteiger partial charge in [-0.3, -0.25) is 0 Å². The molecule has 1 aromatic heterocycles. The van der Waals surface area contributed by atoms with E-state index in [1.165, 1.54) is 6.07 Å². The summed E-state index contributed by atoms with van der Waals surface area (Å²) in [5, 5.41) is 10.7. The van der Waals surface area contributed by atoms with Crippen molar-refractivity contribution in [1.29, 1.82) is 0 Å². The lowest BCUT2D eigenvalue weighted by Gasteiger charge is -2.40. The van der Waals surface area contributed by atoms with E-state index in [0.29, 0.717) is 25.0 Å². The number of sulfonamides is 1. The third-order valence-electron chi connectivity index (χ3n) is 4.18. The molecule has 0 spiro atoms. The summed E-state index contributed by atoms with van der Waals surface area (Å²) < 4.78 is 33.7. The Labute approximate surface area is 130 Å². The first kappa shape index (κ1) is 16.9. The van der Waals surface area contributed by atoms with Crippen LogP contribution in [-0.2, 0) is 21.4 Å². The normalized spacial score (nSPS) is 22.3. The predicted octanol–water partition coefficient (Wildman–Crippen LogP) is 2.26. The van der Waals surface area contributed by atoms with E-state index < -0.39 is 10.0 Å². The Bertz CT molecular complexity index is 563. The highest BCUT2D eigenvalue weighted by Crippen LogP contribution is 2.32. The van der Waals surface area contributed by atoms with Crippen LogP contribution in [0.5, 0.6) is 0 Å². The van der Waals surface area contributed by atoms with Crippen LogP contribution in [0.4, 0.5) is 0 Å². The number of hydrogen-bond donors (Lipinski definition) is 2. The van der Waals surface area contributed by atoms with E-state index in [1.54, 1.807) is 5.38 Å². The Kier molecular flexibility index (Phi) is 5.43. The lowest BCUT2D eigenvalue weighted by Crippen LogP contribution is -2.47. The van der Waals surface area contributed by atoms with Crippen LogP contribution < -0.4 is 4.72 Å². The first-order valence-corrected chi connectivity index (χ1v) is 9.65. The van der Waals surface area contributed by atoms with Crippen LogP contribution in [0.15, 0.2) is 15.7 Å². The summed E-state index contributed by atoms with van der Waals surface area (Å²) in [7, 11) is -3.51. The fourth-order valence-corrected chi connectivity index (χ4v) is 5.21. The van der Waals surface area contributed by atoms with Gasteiger partial charge in [0.15, 0.2) is 0 Å². The van der Waals surface area contributed by atoms with Crippen LogP contribution in [0.2, 0.25) is 0 Å². The van der Waals surface area contributed by atoms with E-state index in [4.69, 9.17) is 9.84 Å². The molecule has 1 atom stereocenters. The van der Waals surface area contributed by atoms with Crippen molar-refractivity contribution in [3.8, 4) is 0 Å². The SMILES string of the molecule is CCC1(CC)CC(NS(=O)(=O)c2cc(CO)cs2)CCO1. The number of hydrogen-bond acceptors (Lipinski definition) is 5. The number of thiophene rings is 1. The van der Waals surface area contributed by atoms with Crippen molar-refractivity contribution in [3.05, 3.63) is 17.0 Å². The molecule has 1 fully saturated rings. The molecule has 0 amide bonds. The summed E-state index contributed by atoms with van der Waals surface area (Å²) in [6.45, 7) is 4.60. The molecule has 2 N–H and O–H groups in total. The van der Waals surface area contributed by atoms with Gasteiger partial charge in [-0.2, -0.15) is 0 Å². The van der Waals surface area contributed by atoms with E-state index in [-0.39, 0.29) is 22.5 Å². The second kappa shape index (κ2) is 6.75. The summed E-state index contributed by atoms with van der Waals surface area (Å²) in [5.41, 5.74) is 0.417. The maximum absolute atomic E-state index is 12.4. The van der Waals surface area contributed by atoms with E-state index in [1.807, 2.05) is 0 Å². The first-order chi connectivity index (χ1) is 9.94. The Morgan fingerprint density at radius 2 is 2.19 bits per heavy atom. The van der Waals surface area contributed by atoms with Crippen molar-refractivity contribution in [1.82, 2.24) is 4.72 Å². The lowest BCUT2D eigenvalue weighted by atomic mass is 9.86. The van der Waals surface area contributed by atoms with Gasteiger partial charge in [-0.05, 0) is 42.7 Å². The maximum Gasteiger partial charge on any atom is 0.250 e. The van der Waals surface area contributed by atoms with Gasteiger partial charge in [0.2, 0.25) is 10.0 Å². The third-order valence-corrected chi connectivity index (χ3v) is 7.19. The van der Waals surface area contributed by atoms with Gasteiger partial charge < -0.3 is 9.84 Å².